The smallest absolute Gasteiger partial charge is 0.268 e. The zero-order chi connectivity index (χ0) is 17.3. The SMILES string of the molecule is CC(C)CCn1c(C(=O)NC2CCC2)cc2ccc(F)cc2c1=O. The summed E-state index contributed by atoms with van der Waals surface area (Å²) in [5.41, 5.74) is 0.0677. The molecule has 1 N–H and O–H groups in total. The summed E-state index contributed by atoms with van der Waals surface area (Å²) in [4.78, 5) is 25.4. The molecule has 4 nitrogen and oxygen atoms in total. The normalized spacial score (nSPS) is 14.8. The van der Waals surface area contributed by atoms with E-state index < -0.39 is 5.82 Å². The number of carbonyl (C=O) groups is 1. The van der Waals surface area contributed by atoms with E-state index >= 15 is 0 Å². The fourth-order valence-corrected chi connectivity index (χ4v) is 2.93. The number of pyridine rings is 1. The summed E-state index contributed by atoms with van der Waals surface area (Å²) in [7, 11) is 0. The van der Waals surface area contributed by atoms with Gasteiger partial charge in [0.05, 0.1) is 5.39 Å². The summed E-state index contributed by atoms with van der Waals surface area (Å²) < 4.78 is 15.0. The number of rotatable bonds is 5. The van der Waals surface area contributed by atoms with Gasteiger partial charge in [-0.25, -0.2) is 4.39 Å². The second-order valence-electron chi connectivity index (χ2n) is 7.00. The van der Waals surface area contributed by atoms with Crippen molar-refractivity contribution in [1.82, 2.24) is 9.88 Å². The zero-order valence-corrected chi connectivity index (χ0v) is 14.1. The molecule has 1 aromatic carbocycles. The average Bonchev–Trinajstić information content (AvgIpc) is 2.50. The van der Waals surface area contributed by atoms with Crippen molar-refractivity contribution in [2.45, 2.75) is 52.1 Å². The highest BCUT2D eigenvalue weighted by Gasteiger charge is 2.23. The van der Waals surface area contributed by atoms with Crippen LogP contribution in [0, 0.1) is 11.7 Å². The van der Waals surface area contributed by atoms with Crippen LogP contribution in [0.15, 0.2) is 29.1 Å². The van der Waals surface area contributed by atoms with E-state index in [1.807, 2.05) is 0 Å². The summed E-state index contributed by atoms with van der Waals surface area (Å²) in [5, 5.41) is 3.91. The molecule has 2 aromatic rings. The van der Waals surface area contributed by atoms with Gasteiger partial charge in [0.15, 0.2) is 0 Å². The van der Waals surface area contributed by atoms with Crippen LogP contribution in [0.3, 0.4) is 0 Å². The quantitative estimate of drug-likeness (QED) is 0.912. The van der Waals surface area contributed by atoms with Gasteiger partial charge in [-0.05, 0) is 55.2 Å². The Labute approximate surface area is 140 Å². The van der Waals surface area contributed by atoms with Gasteiger partial charge in [0.1, 0.15) is 11.5 Å². The molecule has 5 heteroatoms. The molecule has 1 aliphatic rings. The average molecular weight is 330 g/mol. The topological polar surface area (TPSA) is 51.1 Å². The maximum absolute atomic E-state index is 13.5. The predicted octanol–water partition coefficient (Wildman–Crippen LogP) is 3.47. The maximum Gasteiger partial charge on any atom is 0.268 e. The molecular formula is C19H23FN2O2. The highest BCUT2D eigenvalue weighted by atomic mass is 19.1. The highest BCUT2D eigenvalue weighted by Crippen LogP contribution is 2.20. The van der Waals surface area contributed by atoms with Gasteiger partial charge in [0, 0.05) is 12.6 Å². The summed E-state index contributed by atoms with van der Waals surface area (Å²) in [6.07, 6.45) is 3.88. The van der Waals surface area contributed by atoms with E-state index in [2.05, 4.69) is 19.2 Å². The number of carbonyl (C=O) groups excluding carboxylic acids is 1. The Hall–Kier alpha value is -2.17. The van der Waals surface area contributed by atoms with E-state index in [0.717, 1.165) is 25.7 Å². The van der Waals surface area contributed by atoms with Crippen LogP contribution in [0.25, 0.3) is 10.8 Å². The molecule has 1 fully saturated rings. The standard InChI is InChI=1S/C19H23FN2O2/c1-12(2)8-9-22-17(18(23)21-15-4-3-5-15)10-13-6-7-14(20)11-16(13)19(22)24/h6-7,10-12,15H,3-5,8-9H2,1-2H3,(H,21,23). The number of hydrogen-bond acceptors (Lipinski definition) is 2. The van der Waals surface area contributed by atoms with Gasteiger partial charge in [-0.3, -0.25) is 9.59 Å². The van der Waals surface area contributed by atoms with Crippen molar-refractivity contribution in [1.29, 1.82) is 0 Å². The highest BCUT2D eigenvalue weighted by molar-refractivity contribution is 5.96. The molecule has 0 bridgehead atoms. The number of amides is 1. The van der Waals surface area contributed by atoms with Crippen LogP contribution in [-0.2, 0) is 6.54 Å². The van der Waals surface area contributed by atoms with E-state index in [-0.39, 0.29) is 17.5 Å². The molecule has 0 unspecified atom stereocenters. The molecule has 1 aromatic heterocycles. The minimum Gasteiger partial charge on any atom is -0.348 e. The first-order valence-corrected chi connectivity index (χ1v) is 8.59. The van der Waals surface area contributed by atoms with Crippen LogP contribution in [0.5, 0.6) is 0 Å². The molecular weight excluding hydrogens is 307 g/mol. The number of fused-ring (bicyclic) bond motifs is 1. The van der Waals surface area contributed by atoms with Crippen molar-refractivity contribution >= 4 is 16.7 Å². The number of nitrogens with zero attached hydrogens (tertiary/aromatic N) is 1. The third-order valence-electron chi connectivity index (χ3n) is 4.68. The molecule has 0 atom stereocenters. The maximum atomic E-state index is 13.5. The predicted molar refractivity (Wildman–Crippen MR) is 92.7 cm³/mol. The Bertz CT molecular complexity index is 822. The van der Waals surface area contributed by atoms with Crippen molar-refractivity contribution < 1.29 is 9.18 Å². The summed E-state index contributed by atoms with van der Waals surface area (Å²) in [6, 6.07) is 6.02. The third kappa shape index (κ3) is 3.35. The van der Waals surface area contributed by atoms with Gasteiger partial charge in [-0.15, -0.1) is 0 Å². The monoisotopic (exact) mass is 330 g/mol. The molecule has 24 heavy (non-hydrogen) atoms. The van der Waals surface area contributed by atoms with Crippen LogP contribution in [-0.4, -0.2) is 16.5 Å². The van der Waals surface area contributed by atoms with Gasteiger partial charge in [0.2, 0.25) is 0 Å². The number of nitrogens with one attached hydrogen (secondary N) is 1. The Kier molecular flexibility index (Phi) is 4.69. The van der Waals surface area contributed by atoms with Crippen molar-refractivity contribution in [3.05, 3.63) is 46.1 Å². The van der Waals surface area contributed by atoms with Gasteiger partial charge < -0.3 is 9.88 Å². The van der Waals surface area contributed by atoms with Crippen LogP contribution in [0.4, 0.5) is 4.39 Å². The lowest BCUT2D eigenvalue weighted by Gasteiger charge is -2.27. The van der Waals surface area contributed by atoms with E-state index in [1.165, 1.54) is 16.7 Å². The molecule has 0 saturated heterocycles. The summed E-state index contributed by atoms with van der Waals surface area (Å²) in [6.45, 7) is 4.59. The van der Waals surface area contributed by atoms with E-state index in [0.29, 0.717) is 28.9 Å². The number of aromatic nitrogens is 1. The molecule has 1 aliphatic carbocycles. The molecule has 0 radical (unpaired) electrons. The Morgan fingerprint density at radius 2 is 2.08 bits per heavy atom. The van der Waals surface area contributed by atoms with Crippen LogP contribution in [0.2, 0.25) is 0 Å². The summed E-state index contributed by atoms with van der Waals surface area (Å²) >= 11 is 0. The van der Waals surface area contributed by atoms with Crippen molar-refractivity contribution in [3.63, 3.8) is 0 Å². The summed E-state index contributed by atoms with van der Waals surface area (Å²) in [5.74, 6) is -0.254. The lowest BCUT2D eigenvalue weighted by atomic mass is 9.93. The van der Waals surface area contributed by atoms with Gasteiger partial charge in [-0.2, -0.15) is 0 Å². The minimum absolute atomic E-state index is 0.204. The molecule has 0 aliphatic heterocycles. The Balaban J connectivity index is 2.06. The lowest BCUT2D eigenvalue weighted by Crippen LogP contribution is -2.42. The fraction of sp³-hybridized carbons (Fsp3) is 0.474. The minimum atomic E-state index is -0.443. The molecule has 3 rings (SSSR count). The van der Waals surface area contributed by atoms with Crippen molar-refractivity contribution in [2.75, 3.05) is 0 Å². The Morgan fingerprint density at radius 1 is 1.33 bits per heavy atom. The Morgan fingerprint density at radius 3 is 2.71 bits per heavy atom. The van der Waals surface area contributed by atoms with Crippen LogP contribution in [0.1, 0.15) is 50.0 Å². The van der Waals surface area contributed by atoms with Crippen LogP contribution < -0.4 is 10.9 Å². The zero-order valence-electron chi connectivity index (χ0n) is 14.1. The van der Waals surface area contributed by atoms with Crippen molar-refractivity contribution in [2.24, 2.45) is 5.92 Å². The van der Waals surface area contributed by atoms with Crippen LogP contribution >= 0.6 is 0 Å². The molecule has 0 spiro atoms. The first kappa shape index (κ1) is 16.7. The largest absolute Gasteiger partial charge is 0.348 e. The number of benzene rings is 1. The number of hydrogen-bond donors (Lipinski definition) is 1. The fourth-order valence-electron chi connectivity index (χ4n) is 2.93. The second kappa shape index (κ2) is 6.75. The van der Waals surface area contributed by atoms with Gasteiger partial charge in [-0.1, -0.05) is 19.9 Å². The first-order chi connectivity index (χ1) is 11.5. The van der Waals surface area contributed by atoms with Crippen molar-refractivity contribution in [3.8, 4) is 0 Å². The molecule has 1 saturated carbocycles. The first-order valence-electron chi connectivity index (χ1n) is 8.59. The third-order valence-corrected chi connectivity index (χ3v) is 4.68. The second-order valence-corrected chi connectivity index (χ2v) is 7.00. The van der Waals surface area contributed by atoms with E-state index in [1.54, 1.807) is 12.1 Å². The number of halogens is 1. The molecule has 128 valence electrons. The molecule has 1 amide bonds. The lowest BCUT2D eigenvalue weighted by molar-refractivity contribution is 0.0905. The van der Waals surface area contributed by atoms with Gasteiger partial charge >= 0.3 is 0 Å². The van der Waals surface area contributed by atoms with E-state index in [9.17, 15) is 14.0 Å². The molecule has 1 heterocycles. The van der Waals surface area contributed by atoms with Gasteiger partial charge in [0.25, 0.3) is 11.5 Å². The van der Waals surface area contributed by atoms with E-state index in [4.69, 9.17) is 0 Å².